The molecule has 130 valence electrons. The summed E-state index contributed by atoms with van der Waals surface area (Å²) in [6.07, 6.45) is 10.5. The Hall–Kier alpha value is -1.92. The minimum absolute atomic E-state index is 0.222. The van der Waals surface area contributed by atoms with E-state index < -0.39 is 10.0 Å². The van der Waals surface area contributed by atoms with Gasteiger partial charge in [0.05, 0.1) is 4.90 Å². The Bertz CT molecular complexity index is 716. The van der Waals surface area contributed by atoms with Gasteiger partial charge in [0.25, 0.3) is 0 Å². The molecule has 24 heavy (non-hydrogen) atoms. The second kappa shape index (κ2) is 8.80. The van der Waals surface area contributed by atoms with Crippen LogP contribution in [0.4, 0.5) is 5.69 Å². The molecule has 0 unspecified atom stereocenters. The van der Waals surface area contributed by atoms with Gasteiger partial charge in [-0.1, -0.05) is 37.1 Å². The van der Waals surface area contributed by atoms with E-state index in [0.29, 0.717) is 18.8 Å². The number of sulfonamides is 1. The first-order chi connectivity index (χ1) is 11.5. The fourth-order valence-corrected chi connectivity index (χ4v) is 4.17. The number of nitrogens with one attached hydrogen (secondary N) is 1. The highest BCUT2D eigenvalue weighted by atomic mass is 32.2. The van der Waals surface area contributed by atoms with Crippen molar-refractivity contribution in [2.75, 3.05) is 18.4 Å². The number of hydrogen-bond acceptors (Lipinski definition) is 3. The number of carbonyl (C=O) groups is 1. The molecular formula is C18H24N2O3S. The summed E-state index contributed by atoms with van der Waals surface area (Å²) < 4.78 is 27.1. The summed E-state index contributed by atoms with van der Waals surface area (Å²) in [4.78, 5) is 12.0. The van der Waals surface area contributed by atoms with Gasteiger partial charge in [-0.15, -0.1) is 0 Å². The molecular weight excluding hydrogens is 324 g/mol. The average Bonchev–Trinajstić information content (AvgIpc) is 2.85. The molecule has 1 aliphatic rings. The Morgan fingerprint density at radius 2 is 1.83 bits per heavy atom. The van der Waals surface area contributed by atoms with E-state index >= 15 is 0 Å². The first-order valence-corrected chi connectivity index (χ1v) is 9.68. The molecule has 1 aliphatic heterocycles. The summed E-state index contributed by atoms with van der Waals surface area (Å²) >= 11 is 0. The van der Waals surface area contributed by atoms with Crippen molar-refractivity contribution < 1.29 is 13.2 Å². The summed E-state index contributed by atoms with van der Waals surface area (Å²) in [6.45, 7) is 2.98. The van der Waals surface area contributed by atoms with Crippen LogP contribution in [0.1, 0.15) is 32.6 Å². The molecule has 5 nitrogen and oxygen atoms in total. The number of benzene rings is 1. The molecule has 0 bridgehead atoms. The van der Waals surface area contributed by atoms with Crippen molar-refractivity contribution in [3.63, 3.8) is 0 Å². The third-order valence-electron chi connectivity index (χ3n) is 3.86. The maximum Gasteiger partial charge on any atom is 0.248 e. The molecule has 1 aromatic rings. The van der Waals surface area contributed by atoms with Crippen molar-refractivity contribution >= 4 is 21.6 Å². The minimum atomic E-state index is -3.51. The smallest absolute Gasteiger partial charge is 0.248 e. The standard InChI is InChI=1S/C18H24N2O3S/c1-2-3-6-12-18(21)19-16-10-9-11-17(15-16)24(22,23)20-13-7-4-5-8-14-20/h2-3,6,9-12,15H,4-5,7-8,13-14H2,1H3,(H,19,21)/b3-2+,12-6+. The zero-order chi connectivity index (χ0) is 17.4. The van der Waals surface area contributed by atoms with E-state index in [1.807, 2.05) is 13.0 Å². The fraction of sp³-hybridized carbons (Fsp3) is 0.389. The summed E-state index contributed by atoms with van der Waals surface area (Å²) in [6, 6.07) is 6.42. The molecule has 2 rings (SSSR count). The first-order valence-electron chi connectivity index (χ1n) is 8.24. The Morgan fingerprint density at radius 3 is 2.50 bits per heavy atom. The normalized spacial score (nSPS) is 17.2. The van der Waals surface area contributed by atoms with Crippen LogP contribution in [0, 0.1) is 0 Å². The van der Waals surface area contributed by atoms with Gasteiger partial charge in [0.15, 0.2) is 0 Å². The van der Waals surface area contributed by atoms with Crippen molar-refractivity contribution in [1.82, 2.24) is 4.31 Å². The van der Waals surface area contributed by atoms with Gasteiger partial charge in [0.2, 0.25) is 15.9 Å². The second-order valence-corrected chi connectivity index (χ2v) is 7.66. The van der Waals surface area contributed by atoms with Gasteiger partial charge in [-0.05, 0) is 38.0 Å². The lowest BCUT2D eigenvalue weighted by Gasteiger charge is -2.20. The molecule has 1 fully saturated rings. The SMILES string of the molecule is C/C=C/C=C/C(=O)Nc1cccc(S(=O)(=O)N2CCCCCC2)c1. The lowest BCUT2D eigenvalue weighted by molar-refractivity contribution is -0.111. The van der Waals surface area contributed by atoms with Crippen LogP contribution in [0.15, 0.2) is 53.5 Å². The van der Waals surface area contributed by atoms with E-state index in [2.05, 4.69) is 5.32 Å². The summed E-state index contributed by atoms with van der Waals surface area (Å²) in [7, 11) is -3.51. The number of allylic oxidation sites excluding steroid dienone is 3. The monoisotopic (exact) mass is 348 g/mol. The molecule has 0 saturated carbocycles. The maximum atomic E-state index is 12.8. The molecule has 1 heterocycles. The van der Waals surface area contributed by atoms with E-state index in [9.17, 15) is 13.2 Å². The van der Waals surface area contributed by atoms with Crippen LogP contribution < -0.4 is 5.32 Å². The first kappa shape index (κ1) is 18.4. The van der Waals surface area contributed by atoms with E-state index in [4.69, 9.17) is 0 Å². The summed E-state index contributed by atoms with van der Waals surface area (Å²) in [5, 5.41) is 2.69. The molecule has 0 radical (unpaired) electrons. The molecule has 6 heteroatoms. The largest absolute Gasteiger partial charge is 0.322 e. The molecule has 1 saturated heterocycles. The molecule has 0 spiro atoms. The third kappa shape index (κ3) is 5.04. The predicted molar refractivity (Wildman–Crippen MR) is 96.3 cm³/mol. The van der Waals surface area contributed by atoms with Gasteiger partial charge in [-0.3, -0.25) is 4.79 Å². The van der Waals surface area contributed by atoms with Crippen LogP contribution >= 0.6 is 0 Å². The van der Waals surface area contributed by atoms with E-state index in [1.54, 1.807) is 34.7 Å². The maximum absolute atomic E-state index is 12.8. The van der Waals surface area contributed by atoms with E-state index in [-0.39, 0.29) is 10.8 Å². The number of anilines is 1. The number of nitrogens with zero attached hydrogens (tertiary/aromatic N) is 1. The van der Waals surface area contributed by atoms with Crippen LogP contribution in [0.25, 0.3) is 0 Å². The highest BCUT2D eigenvalue weighted by molar-refractivity contribution is 7.89. The van der Waals surface area contributed by atoms with Crippen LogP contribution in [0.5, 0.6) is 0 Å². The van der Waals surface area contributed by atoms with Crippen molar-refractivity contribution in [2.24, 2.45) is 0 Å². The highest BCUT2D eigenvalue weighted by Gasteiger charge is 2.25. The lowest BCUT2D eigenvalue weighted by Crippen LogP contribution is -2.32. The van der Waals surface area contributed by atoms with Crippen molar-refractivity contribution in [3.05, 3.63) is 48.6 Å². The molecule has 0 atom stereocenters. The third-order valence-corrected chi connectivity index (χ3v) is 5.75. The van der Waals surface area contributed by atoms with Crippen LogP contribution in [-0.2, 0) is 14.8 Å². The average molecular weight is 348 g/mol. The van der Waals surface area contributed by atoms with Gasteiger partial charge < -0.3 is 5.32 Å². The zero-order valence-corrected chi connectivity index (χ0v) is 14.8. The van der Waals surface area contributed by atoms with Crippen molar-refractivity contribution in [3.8, 4) is 0 Å². The fourth-order valence-electron chi connectivity index (χ4n) is 2.60. The zero-order valence-electron chi connectivity index (χ0n) is 13.9. The Balaban J connectivity index is 2.15. The van der Waals surface area contributed by atoms with Crippen LogP contribution in [-0.4, -0.2) is 31.7 Å². The van der Waals surface area contributed by atoms with Gasteiger partial charge in [-0.2, -0.15) is 4.31 Å². The topological polar surface area (TPSA) is 66.5 Å². The molecule has 0 aromatic heterocycles. The highest BCUT2D eigenvalue weighted by Crippen LogP contribution is 2.22. The van der Waals surface area contributed by atoms with Gasteiger partial charge in [0.1, 0.15) is 0 Å². The lowest BCUT2D eigenvalue weighted by atomic mass is 10.2. The van der Waals surface area contributed by atoms with Crippen LogP contribution in [0.2, 0.25) is 0 Å². The molecule has 0 aliphatic carbocycles. The van der Waals surface area contributed by atoms with Crippen molar-refractivity contribution in [1.29, 1.82) is 0 Å². The van der Waals surface area contributed by atoms with Gasteiger partial charge >= 0.3 is 0 Å². The minimum Gasteiger partial charge on any atom is -0.322 e. The van der Waals surface area contributed by atoms with E-state index in [1.165, 1.54) is 12.1 Å². The quantitative estimate of drug-likeness (QED) is 0.656. The Morgan fingerprint density at radius 1 is 1.12 bits per heavy atom. The summed E-state index contributed by atoms with van der Waals surface area (Å²) in [5.41, 5.74) is 0.473. The number of hydrogen-bond donors (Lipinski definition) is 1. The Labute approximate surface area is 144 Å². The number of rotatable bonds is 5. The molecule has 1 amide bonds. The van der Waals surface area contributed by atoms with Crippen molar-refractivity contribution in [2.45, 2.75) is 37.5 Å². The predicted octanol–water partition coefficient (Wildman–Crippen LogP) is 3.32. The number of carbonyl (C=O) groups excluding carboxylic acids is 1. The van der Waals surface area contributed by atoms with Gasteiger partial charge in [0, 0.05) is 24.9 Å². The molecule has 1 N–H and O–H groups in total. The summed E-state index contributed by atoms with van der Waals surface area (Å²) in [5.74, 6) is -0.294. The van der Waals surface area contributed by atoms with E-state index in [0.717, 1.165) is 25.7 Å². The van der Waals surface area contributed by atoms with Crippen LogP contribution in [0.3, 0.4) is 0 Å². The Kier molecular flexibility index (Phi) is 6.75. The number of amides is 1. The van der Waals surface area contributed by atoms with Gasteiger partial charge in [-0.25, -0.2) is 8.42 Å². The molecule has 1 aromatic carbocycles. The second-order valence-electron chi connectivity index (χ2n) is 5.72.